The Kier molecular flexibility index (Phi) is 5.37. The van der Waals surface area contributed by atoms with Gasteiger partial charge < -0.3 is 5.11 Å². The first-order valence-electron chi connectivity index (χ1n) is 4.48. The Labute approximate surface area is 93.9 Å². The molecule has 0 fully saturated rings. The van der Waals surface area contributed by atoms with Gasteiger partial charge in [-0.1, -0.05) is 36.4 Å². The number of para-hydroxylation sites is 1. The summed E-state index contributed by atoms with van der Waals surface area (Å²) in [6.07, 6.45) is 0. The van der Waals surface area contributed by atoms with Crippen molar-refractivity contribution in [2.24, 2.45) is 5.14 Å². The zero-order chi connectivity index (χ0) is 10.9. The third kappa shape index (κ3) is 5.10. The molecule has 2 aromatic carbocycles. The Morgan fingerprint density at radius 2 is 1.27 bits per heavy atom. The summed E-state index contributed by atoms with van der Waals surface area (Å²) in [7, 11) is 0. The molecule has 78 valence electrons. The van der Waals surface area contributed by atoms with E-state index in [-0.39, 0.29) is 0 Å². The molecule has 3 N–H and O–H groups in total. The fraction of sp³-hybridized carbons (Fsp3) is 0. The highest BCUT2D eigenvalue weighted by Gasteiger charge is 1.81. The maximum absolute atomic E-state index is 8.63. The molecule has 0 atom stereocenters. The van der Waals surface area contributed by atoms with E-state index >= 15 is 0 Å². The fourth-order valence-corrected chi connectivity index (χ4v) is 1.24. The van der Waals surface area contributed by atoms with Crippen LogP contribution in [0, 0.1) is 0 Å². The number of phenolic OH excluding ortho intramolecular Hbond substituents is 1. The lowest BCUT2D eigenvalue weighted by molar-refractivity contribution is 0.475. The summed E-state index contributed by atoms with van der Waals surface area (Å²) in [5, 5.41) is 13.9. The Morgan fingerprint density at radius 1 is 0.800 bits per heavy atom. The van der Waals surface area contributed by atoms with Crippen LogP contribution in [0.2, 0.25) is 0 Å². The Morgan fingerprint density at radius 3 is 1.53 bits per heavy atom. The van der Waals surface area contributed by atoms with Gasteiger partial charge in [0.1, 0.15) is 5.75 Å². The van der Waals surface area contributed by atoms with Crippen LogP contribution in [0.5, 0.6) is 5.75 Å². The van der Waals surface area contributed by atoms with Crippen molar-refractivity contribution in [1.82, 2.24) is 0 Å². The second-order valence-electron chi connectivity index (χ2n) is 2.77. The number of aromatic hydroxyl groups is 1. The molecule has 0 heterocycles. The monoisotopic (exact) mass is 219 g/mol. The van der Waals surface area contributed by atoms with Crippen molar-refractivity contribution >= 4 is 11.9 Å². The lowest BCUT2D eigenvalue weighted by Gasteiger charge is -1.88. The maximum atomic E-state index is 8.63. The van der Waals surface area contributed by atoms with E-state index in [1.54, 1.807) is 24.3 Å². The number of benzene rings is 2. The van der Waals surface area contributed by atoms with E-state index in [2.05, 4.69) is 0 Å². The Hall–Kier alpha value is -1.45. The normalized spacial score (nSPS) is 8.87. The predicted molar refractivity (Wildman–Crippen MR) is 64.6 cm³/mol. The van der Waals surface area contributed by atoms with Gasteiger partial charge in [0.05, 0.1) is 0 Å². The van der Waals surface area contributed by atoms with Gasteiger partial charge in [-0.05, 0) is 36.2 Å². The van der Waals surface area contributed by atoms with Crippen molar-refractivity contribution in [3.8, 4) is 5.75 Å². The van der Waals surface area contributed by atoms with Crippen LogP contribution in [0.1, 0.15) is 0 Å². The van der Waals surface area contributed by atoms with Gasteiger partial charge in [0.15, 0.2) is 0 Å². The van der Waals surface area contributed by atoms with Gasteiger partial charge in [-0.2, -0.15) is 0 Å². The lowest BCUT2D eigenvalue weighted by atomic mass is 10.3. The van der Waals surface area contributed by atoms with Gasteiger partial charge in [-0.25, -0.2) is 0 Å². The highest BCUT2D eigenvalue weighted by Crippen LogP contribution is 2.08. The van der Waals surface area contributed by atoms with Crippen LogP contribution in [0.3, 0.4) is 0 Å². The summed E-state index contributed by atoms with van der Waals surface area (Å²) in [4.78, 5) is 1.10. The molecule has 3 heteroatoms. The smallest absolute Gasteiger partial charge is 0.115 e. The molecule has 0 aliphatic heterocycles. The summed E-state index contributed by atoms with van der Waals surface area (Å²) in [5.74, 6) is 0.322. The average Bonchev–Trinajstić information content (AvgIpc) is 2.32. The lowest BCUT2D eigenvalue weighted by Crippen LogP contribution is -1.75. The van der Waals surface area contributed by atoms with Gasteiger partial charge in [-0.3, -0.25) is 5.14 Å². The summed E-state index contributed by atoms with van der Waals surface area (Å²) >= 11 is 1.27. The van der Waals surface area contributed by atoms with E-state index in [9.17, 15) is 0 Å². The predicted octanol–water partition coefficient (Wildman–Crippen LogP) is 3.04. The van der Waals surface area contributed by atoms with Gasteiger partial charge in [0.2, 0.25) is 0 Å². The number of nitrogens with two attached hydrogens (primary N) is 1. The molecule has 2 nitrogen and oxygen atoms in total. The van der Waals surface area contributed by atoms with E-state index in [1.165, 1.54) is 11.9 Å². The number of hydrogen-bond acceptors (Lipinski definition) is 3. The van der Waals surface area contributed by atoms with Crippen molar-refractivity contribution in [2.75, 3.05) is 0 Å². The average molecular weight is 219 g/mol. The molecular weight excluding hydrogens is 206 g/mol. The SMILES string of the molecule is NSc1ccccc1.Oc1ccccc1. The highest BCUT2D eigenvalue weighted by molar-refractivity contribution is 7.97. The largest absolute Gasteiger partial charge is 0.508 e. The fourth-order valence-electron chi connectivity index (χ4n) is 0.927. The first-order valence-corrected chi connectivity index (χ1v) is 5.36. The van der Waals surface area contributed by atoms with Crippen LogP contribution in [0.15, 0.2) is 65.6 Å². The zero-order valence-corrected chi connectivity index (χ0v) is 9.02. The number of phenols is 1. The van der Waals surface area contributed by atoms with E-state index < -0.39 is 0 Å². The van der Waals surface area contributed by atoms with Crippen LogP contribution in [-0.2, 0) is 0 Å². The van der Waals surface area contributed by atoms with Crippen LogP contribution < -0.4 is 5.14 Å². The van der Waals surface area contributed by atoms with Crippen molar-refractivity contribution in [3.05, 3.63) is 60.7 Å². The van der Waals surface area contributed by atoms with E-state index in [0.29, 0.717) is 5.75 Å². The van der Waals surface area contributed by atoms with Gasteiger partial charge >= 0.3 is 0 Å². The van der Waals surface area contributed by atoms with Crippen LogP contribution in [0.4, 0.5) is 0 Å². The minimum absolute atomic E-state index is 0.322. The number of rotatable bonds is 1. The number of hydrogen-bond donors (Lipinski definition) is 2. The molecule has 0 bridgehead atoms. The summed E-state index contributed by atoms with van der Waals surface area (Å²) in [5.41, 5.74) is 0. The second-order valence-corrected chi connectivity index (χ2v) is 3.47. The van der Waals surface area contributed by atoms with Crippen molar-refractivity contribution in [3.63, 3.8) is 0 Å². The second kappa shape index (κ2) is 6.92. The van der Waals surface area contributed by atoms with Crippen LogP contribution in [0.25, 0.3) is 0 Å². The van der Waals surface area contributed by atoms with Crippen molar-refractivity contribution in [1.29, 1.82) is 0 Å². The molecule has 2 rings (SSSR count). The molecule has 0 aliphatic rings. The van der Waals surface area contributed by atoms with Gasteiger partial charge in [-0.15, -0.1) is 0 Å². The zero-order valence-electron chi connectivity index (χ0n) is 8.21. The van der Waals surface area contributed by atoms with E-state index in [1.807, 2.05) is 36.4 Å². The van der Waals surface area contributed by atoms with Crippen molar-refractivity contribution in [2.45, 2.75) is 4.90 Å². The van der Waals surface area contributed by atoms with E-state index in [0.717, 1.165) is 4.90 Å². The Bertz CT molecular complexity index is 364. The first-order chi connectivity index (χ1) is 7.33. The molecule has 0 aliphatic carbocycles. The Balaban J connectivity index is 0.000000151. The first kappa shape index (κ1) is 11.6. The summed E-state index contributed by atoms with van der Waals surface area (Å²) in [6, 6.07) is 18.6. The standard InChI is InChI=1S/C6H7NS.C6H6O/c7-8-6-4-2-1-3-5-6;7-6-4-2-1-3-5-6/h1-5H,7H2;1-5,7H. The quantitative estimate of drug-likeness (QED) is 0.725. The molecule has 2 aromatic rings. The summed E-state index contributed by atoms with van der Waals surface area (Å²) in [6.45, 7) is 0. The van der Waals surface area contributed by atoms with Crippen LogP contribution in [-0.4, -0.2) is 5.11 Å². The maximum Gasteiger partial charge on any atom is 0.115 e. The molecule has 15 heavy (non-hydrogen) atoms. The molecule has 0 saturated heterocycles. The molecule has 0 unspecified atom stereocenters. The topological polar surface area (TPSA) is 46.2 Å². The summed E-state index contributed by atoms with van der Waals surface area (Å²) < 4.78 is 0. The highest BCUT2D eigenvalue weighted by atomic mass is 32.2. The molecule has 0 spiro atoms. The molecule has 0 aromatic heterocycles. The van der Waals surface area contributed by atoms with Crippen LogP contribution >= 0.6 is 11.9 Å². The molecule has 0 radical (unpaired) electrons. The van der Waals surface area contributed by atoms with E-state index in [4.69, 9.17) is 10.2 Å². The minimum atomic E-state index is 0.322. The minimum Gasteiger partial charge on any atom is -0.508 e. The van der Waals surface area contributed by atoms with Crippen molar-refractivity contribution < 1.29 is 5.11 Å². The molecule has 0 amide bonds. The third-order valence-corrected chi connectivity index (χ3v) is 2.18. The third-order valence-electron chi connectivity index (χ3n) is 1.64. The van der Waals surface area contributed by atoms with Gasteiger partial charge in [0, 0.05) is 4.90 Å². The van der Waals surface area contributed by atoms with Gasteiger partial charge in [0.25, 0.3) is 0 Å². The molecular formula is C12H13NOS. The molecule has 0 saturated carbocycles.